The molecule has 2 N–H and O–H groups in total. The SMILES string of the molecule is OB(O)c1cnn2c1OCCC2. The summed E-state index contributed by atoms with van der Waals surface area (Å²) in [7, 11) is -1.49. The zero-order chi connectivity index (χ0) is 8.55. The Labute approximate surface area is 69.7 Å². The Kier molecular flexibility index (Phi) is 1.78. The molecular formula is C6H9BN2O3. The number of fused-ring (bicyclic) bond motifs is 1. The minimum atomic E-state index is -1.49. The van der Waals surface area contributed by atoms with Gasteiger partial charge in [-0.25, -0.2) is 4.68 Å². The van der Waals surface area contributed by atoms with Crippen LogP contribution in [0.3, 0.4) is 0 Å². The average Bonchev–Trinajstić information content (AvgIpc) is 2.47. The molecule has 0 amide bonds. The number of aryl methyl sites for hydroxylation is 1. The van der Waals surface area contributed by atoms with Crippen molar-refractivity contribution >= 4 is 12.6 Å². The van der Waals surface area contributed by atoms with Crippen molar-refractivity contribution in [3.63, 3.8) is 0 Å². The van der Waals surface area contributed by atoms with Gasteiger partial charge in [0.2, 0.25) is 5.88 Å². The van der Waals surface area contributed by atoms with Crippen LogP contribution in [-0.2, 0) is 6.54 Å². The zero-order valence-corrected chi connectivity index (χ0v) is 6.47. The minimum absolute atomic E-state index is 0.342. The van der Waals surface area contributed by atoms with Crippen LogP contribution >= 0.6 is 0 Å². The van der Waals surface area contributed by atoms with E-state index in [1.54, 1.807) is 4.68 Å². The number of rotatable bonds is 1. The topological polar surface area (TPSA) is 67.5 Å². The van der Waals surface area contributed by atoms with E-state index in [0.29, 0.717) is 17.9 Å². The van der Waals surface area contributed by atoms with Crippen molar-refractivity contribution < 1.29 is 14.8 Å². The predicted molar refractivity (Wildman–Crippen MR) is 42.2 cm³/mol. The fourth-order valence-corrected chi connectivity index (χ4v) is 1.27. The summed E-state index contributed by atoms with van der Waals surface area (Å²) in [5, 5.41) is 21.7. The second-order valence-electron chi connectivity index (χ2n) is 2.70. The molecule has 0 bridgehead atoms. The summed E-state index contributed by atoms with van der Waals surface area (Å²) in [6.07, 6.45) is 2.33. The number of ether oxygens (including phenoxy) is 1. The van der Waals surface area contributed by atoms with Crippen LogP contribution in [0.2, 0.25) is 0 Å². The average molecular weight is 168 g/mol. The largest absolute Gasteiger partial charge is 0.495 e. The van der Waals surface area contributed by atoms with E-state index in [1.807, 2.05) is 0 Å². The van der Waals surface area contributed by atoms with Crippen molar-refractivity contribution in [1.82, 2.24) is 9.78 Å². The van der Waals surface area contributed by atoms with E-state index in [-0.39, 0.29) is 0 Å². The van der Waals surface area contributed by atoms with Crippen molar-refractivity contribution in [3.8, 4) is 5.88 Å². The van der Waals surface area contributed by atoms with Gasteiger partial charge in [0.25, 0.3) is 0 Å². The number of aromatic nitrogens is 2. The first kappa shape index (κ1) is 7.63. The number of hydrogen-bond acceptors (Lipinski definition) is 4. The minimum Gasteiger partial charge on any atom is -0.478 e. The number of hydrogen-bond donors (Lipinski definition) is 2. The molecule has 0 spiro atoms. The predicted octanol–water partition coefficient (Wildman–Crippen LogP) is -1.65. The Hall–Kier alpha value is -1.01. The molecule has 1 aliphatic heterocycles. The quantitative estimate of drug-likeness (QED) is 0.492. The lowest BCUT2D eigenvalue weighted by Gasteiger charge is -2.15. The number of nitrogens with zero attached hydrogens (tertiary/aromatic N) is 2. The molecule has 12 heavy (non-hydrogen) atoms. The third kappa shape index (κ3) is 1.09. The normalized spacial score (nSPS) is 15.2. The first-order chi connectivity index (χ1) is 5.79. The fourth-order valence-electron chi connectivity index (χ4n) is 1.27. The van der Waals surface area contributed by atoms with Gasteiger partial charge < -0.3 is 14.8 Å². The van der Waals surface area contributed by atoms with Crippen molar-refractivity contribution in [2.75, 3.05) is 6.61 Å². The molecular weight excluding hydrogens is 159 g/mol. The molecule has 0 saturated carbocycles. The summed E-state index contributed by atoms with van der Waals surface area (Å²) in [5.41, 5.74) is 0.342. The highest BCUT2D eigenvalue weighted by Crippen LogP contribution is 2.13. The zero-order valence-electron chi connectivity index (χ0n) is 6.47. The van der Waals surface area contributed by atoms with E-state index in [0.717, 1.165) is 13.0 Å². The van der Waals surface area contributed by atoms with Gasteiger partial charge in [-0.2, -0.15) is 5.10 Å². The molecule has 0 atom stereocenters. The van der Waals surface area contributed by atoms with Crippen LogP contribution in [0.25, 0.3) is 0 Å². The molecule has 0 saturated heterocycles. The van der Waals surface area contributed by atoms with Crippen molar-refractivity contribution in [2.24, 2.45) is 0 Å². The second-order valence-corrected chi connectivity index (χ2v) is 2.70. The molecule has 1 aromatic heterocycles. The molecule has 2 rings (SSSR count). The van der Waals surface area contributed by atoms with Gasteiger partial charge in [0.1, 0.15) is 0 Å². The summed E-state index contributed by atoms with van der Waals surface area (Å²) in [5.74, 6) is 0.483. The van der Waals surface area contributed by atoms with Crippen LogP contribution < -0.4 is 10.2 Å². The lowest BCUT2D eigenvalue weighted by atomic mass is 9.82. The van der Waals surface area contributed by atoms with E-state index < -0.39 is 7.12 Å². The van der Waals surface area contributed by atoms with Gasteiger partial charge in [0, 0.05) is 13.0 Å². The van der Waals surface area contributed by atoms with Crippen molar-refractivity contribution in [3.05, 3.63) is 6.20 Å². The Morgan fingerprint density at radius 3 is 3.17 bits per heavy atom. The van der Waals surface area contributed by atoms with Gasteiger partial charge in [-0.1, -0.05) is 0 Å². The maximum Gasteiger partial charge on any atom is 0.495 e. The summed E-state index contributed by atoms with van der Waals surface area (Å²) < 4.78 is 6.87. The lowest BCUT2D eigenvalue weighted by Crippen LogP contribution is -2.32. The third-order valence-electron chi connectivity index (χ3n) is 1.85. The first-order valence-electron chi connectivity index (χ1n) is 3.83. The highest BCUT2D eigenvalue weighted by Gasteiger charge is 2.24. The Morgan fingerprint density at radius 2 is 2.42 bits per heavy atom. The molecule has 0 aromatic carbocycles. The molecule has 0 fully saturated rings. The van der Waals surface area contributed by atoms with E-state index in [1.165, 1.54) is 6.20 Å². The van der Waals surface area contributed by atoms with Gasteiger partial charge in [-0.3, -0.25) is 0 Å². The summed E-state index contributed by atoms with van der Waals surface area (Å²) in [4.78, 5) is 0. The standard InChI is InChI=1S/C6H9BN2O3/c10-7(11)5-4-8-9-2-1-3-12-6(5)9/h4,10-11H,1-3H2. The van der Waals surface area contributed by atoms with E-state index in [4.69, 9.17) is 14.8 Å². The van der Waals surface area contributed by atoms with Crippen LogP contribution in [0.4, 0.5) is 0 Å². The van der Waals surface area contributed by atoms with Gasteiger partial charge in [-0.15, -0.1) is 0 Å². The Bertz CT molecular complexity index is 286. The molecule has 1 aliphatic rings. The maximum absolute atomic E-state index is 8.89. The lowest BCUT2D eigenvalue weighted by molar-refractivity contribution is 0.231. The maximum atomic E-state index is 8.89. The molecule has 1 aromatic rings. The summed E-state index contributed by atoms with van der Waals surface area (Å²) in [6.45, 7) is 1.40. The van der Waals surface area contributed by atoms with Crippen LogP contribution in [0.15, 0.2) is 6.20 Å². The molecule has 2 heterocycles. The van der Waals surface area contributed by atoms with Crippen molar-refractivity contribution in [2.45, 2.75) is 13.0 Å². The van der Waals surface area contributed by atoms with E-state index in [2.05, 4.69) is 5.10 Å². The van der Waals surface area contributed by atoms with Gasteiger partial charge in [0.15, 0.2) is 0 Å². The third-order valence-corrected chi connectivity index (χ3v) is 1.85. The Morgan fingerprint density at radius 1 is 1.58 bits per heavy atom. The molecule has 0 radical (unpaired) electrons. The van der Waals surface area contributed by atoms with E-state index in [9.17, 15) is 0 Å². The van der Waals surface area contributed by atoms with E-state index >= 15 is 0 Å². The highest BCUT2D eigenvalue weighted by atomic mass is 16.5. The van der Waals surface area contributed by atoms with Crippen molar-refractivity contribution in [1.29, 1.82) is 0 Å². The fraction of sp³-hybridized carbons (Fsp3) is 0.500. The first-order valence-corrected chi connectivity index (χ1v) is 3.83. The van der Waals surface area contributed by atoms with Crippen LogP contribution in [0.5, 0.6) is 5.88 Å². The van der Waals surface area contributed by atoms with Gasteiger partial charge in [-0.05, 0) is 0 Å². The molecule has 0 unspecified atom stereocenters. The van der Waals surface area contributed by atoms with Crippen LogP contribution in [0, 0.1) is 0 Å². The monoisotopic (exact) mass is 168 g/mol. The molecule has 6 heteroatoms. The molecule has 5 nitrogen and oxygen atoms in total. The summed E-state index contributed by atoms with van der Waals surface area (Å²) >= 11 is 0. The van der Waals surface area contributed by atoms with Crippen LogP contribution in [0.1, 0.15) is 6.42 Å². The molecule has 64 valence electrons. The van der Waals surface area contributed by atoms with Crippen LogP contribution in [-0.4, -0.2) is 33.6 Å². The van der Waals surface area contributed by atoms with Gasteiger partial charge >= 0.3 is 7.12 Å². The molecule has 0 aliphatic carbocycles. The highest BCUT2D eigenvalue weighted by molar-refractivity contribution is 6.59. The Balaban J connectivity index is 2.38. The summed E-state index contributed by atoms with van der Waals surface area (Å²) in [6, 6.07) is 0. The van der Waals surface area contributed by atoms with Gasteiger partial charge in [0.05, 0.1) is 18.3 Å². The smallest absolute Gasteiger partial charge is 0.478 e. The second kappa shape index (κ2) is 2.80.